The fourth-order valence-electron chi connectivity index (χ4n) is 2.17. The summed E-state index contributed by atoms with van der Waals surface area (Å²) in [5.41, 5.74) is 4.86. The van der Waals surface area contributed by atoms with E-state index in [-0.39, 0.29) is 0 Å². The summed E-state index contributed by atoms with van der Waals surface area (Å²) in [4.78, 5) is 0. The van der Waals surface area contributed by atoms with Crippen LogP contribution < -0.4 is 0 Å². The van der Waals surface area contributed by atoms with Gasteiger partial charge in [-0.2, -0.15) is 0 Å². The molecule has 1 aliphatic rings. The Morgan fingerprint density at radius 2 is 1.33 bits per heavy atom. The molecule has 2 aromatic carbocycles. The summed E-state index contributed by atoms with van der Waals surface area (Å²) in [6.07, 6.45) is 2.15. The summed E-state index contributed by atoms with van der Waals surface area (Å²) in [6.45, 7) is 0. The third-order valence-electron chi connectivity index (χ3n) is 2.96. The summed E-state index contributed by atoms with van der Waals surface area (Å²) in [5, 5.41) is 0. The molecule has 0 nitrogen and oxygen atoms in total. The SMILES string of the molecule is [Cl][Ru-2]([Cl])=[C]1C=C(c2ccccc2)c2ccccc21. The Kier molecular flexibility index (Phi) is 3.48. The molecule has 0 spiro atoms. The summed E-state index contributed by atoms with van der Waals surface area (Å²) < 4.78 is 1.12. The fraction of sp³-hybridized carbons (Fsp3) is 0. The van der Waals surface area contributed by atoms with Crippen LogP contribution in [0.15, 0.2) is 60.7 Å². The van der Waals surface area contributed by atoms with Gasteiger partial charge in [-0.1, -0.05) is 0 Å². The van der Waals surface area contributed by atoms with Gasteiger partial charge < -0.3 is 0 Å². The van der Waals surface area contributed by atoms with Crippen LogP contribution in [0.2, 0.25) is 0 Å². The van der Waals surface area contributed by atoms with Gasteiger partial charge in [-0.3, -0.25) is 0 Å². The average Bonchev–Trinajstić information content (AvgIpc) is 2.79. The van der Waals surface area contributed by atoms with Crippen molar-refractivity contribution in [2.75, 3.05) is 0 Å². The van der Waals surface area contributed by atoms with Gasteiger partial charge in [0.1, 0.15) is 0 Å². The molecule has 0 heterocycles. The van der Waals surface area contributed by atoms with Gasteiger partial charge in [0.2, 0.25) is 0 Å². The number of hydrogen-bond acceptors (Lipinski definition) is 0. The third-order valence-corrected chi connectivity index (χ3v) is 6.09. The Hall–Kier alpha value is -0.747. The van der Waals surface area contributed by atoms with Gasteiger partial charge in [-0.15, -0.1) is 0 Å². The van der Waals surface area contributed by atoms with E-state index in [0.29, 0.717) is 0 Å². The van der Waals surface area contributed by atoms with Crippen molar-refractivity contribution in [2.45, 2.75) is 0 Å². The fourth-order valence-corrected chi connectivity index (χ4v) is 4.65. The molecule has 0 unspecified atom stereocenters. The summed E-state index contributed by atoms with van der Waals surface area (Å²) in [6, 6.07) is 18.7. The number of fused-ring (bicyclic) bond motifs is 1. The first kappa shape index (κ1) is 12.3. The van der Waals surface area contributed by atoms with Crippen molar-refractivity contribution in [3.63, 3.8) is 0 Å². The molecule has 0 atom stereocenters. The van der Waals surface area contributed by atoms with Crippen LogP contribution >= 0.6 is 19.4 Å². The van der Waals surface area contributed by atoms with E-state index in [1.165, 1.54) is 22.3 Å². The number of halogens is 2. The molecular weight excluding hydrogens is 352 g/mol. The van der Waals surface area contributed by atoms with Gasteiger partial charge in [-0.25, -0.2) is 0 Å². The predicted octanol–water partition coefficient (Wildman–Crippen LogP) is 4.58. The van der Waals surface area contributed by atoms with Crippen LogP contribution in [0.1, 0.15) is 16.7 Å². The van der Waals surface area contributed by atoms with E-state index in [1.54, 1.807) is 0 Å². The molecule has 18 heavy (non-hydrogen) atoms. The molecule has 3 rings (SSSR count). The Bertz CT molecular complexity index is 653. The van der Waals surface area contributed by atoms with Crippen LogP contribution in [0.4, 0.5) is 0 Å². The maximum atomic E-state index is 6.19. The Balaban J connectivity index is 2.24. The molecule has 0 bridgehead atoms. The van der Waals surface area contributed by atoms with E-state index >= 15 is 0 Å². The van der Waals surface area contributed by atoms with Crippen molar-refractivity contribution in [1.29, 1.82) is 0 Å². The average molecular weight is 362 g/mol. The van der Waals surface area contributed by atoms with Crippen LogP contribution in [-0.2, 0) is 13.5 Å². The van der Waals surface area contributed by atoms with E-state index in [1.807, 2.05) is 24.3 Å². The second kappa shape index (κ2) is 5.09. The molecule has 94 valence electrons. The van der Waals surface area contributed by atoms with Gasteiger partial charge in [0, 0.05) is 0 Å². The van der Waals surface area contributed by atoms with Gasteiger partial charge in [0.15, 0.2) is 0 Å². The first-order valence-electron chi connectivity index (χ1n) is 5.51. The number of benzene rings is 2. The Labute approximate surface area is 119 Å². The third kappa shape index (κ3) is 2.12. The van der Waals surface area contributed by atoms with Crippen LogP contribution in [0, 0.1) is 0 Å². The zero-order valence-electron chi connectivity index (χ0n) is 9.38. The maximum absolute atomic E-state index is 6.19. The molecular formula is C15H10Cl2Ru-2. The van der Waals surface area contributed by atoms with E-state index < -0.39 is 13.5 Å². The zero-order chi connectivity index (χ0) is 12.5. The number of rotatable bonds is 1. The van der Waals surface area contributed by atoms with Crippen LogP contribution in [-0.4, -0.2) is 4.11 Å². The molecule has 0 saturated carbocycles. The first-order chi connectivity index (χ1) is 8.77. The van der Waals surface area contributed by atoms with E-state index in [2.05, 4.69) is 36.4 Å². The van der Waals surface area contributed by atoms with Crippen molar-refractivity contribution < 1.29 is 13.5 Å². The van der Waals surface area contributed by atoms with Crippen molar-refractivity contribution >= 4 is 29.1 Å². The minimum atomic E-state index is -1.88. The Morgan fingerprint density at radius 1 is 0.722 bits per heavy atom. The Morgan fingerprint density at radius 3 is 2.00 bits per heavy atom. The summed E-state index contributed by atoms with van der Waals surface area (Å²) in [5.74, 6) is 0. The van der Waals surface area contributed by atoms with Gasteiger partial charge in [-0.05, 0) is 0 Å². The van der Waals surface area contributed by atoms with Crippen molar-refractivity contribution in [3.05, 3.63) is 77.4 Å². The molecule has 1 aliphatic carbocycles. The van der Waals surface area contributed by atoms with Crippen LogP contribution in [0.25, 0.3) is 5.57 Å². The van der Waals surface area contributed by atoms with Crippen molar-refractivity contribution in [3.8, 4) is 0 Å². The molecule has 0 fully saturated rings. The number of allylic oxidation sites excluding steroid dienone is 1. The molecule has 3 heteroatoms. The van der Waals surface area contributed by atoms with Gasteiger partial charge >= 0.3 is 120 Å². The molecule has 2 aromatic rings. The van der Waals surface area contributed by atoms with Crippen LogP contribution in [0.5, 0.6) is 0 Å². The summed E-state index contributed by atoms with van der Waals surface area (Å²) >= 11 is -1.88. The standard InChI is InChI=1S/C15H10.2ClH.Ru/c1-2-6-12(7-3-1)15-11-10-13-8-4-5-9-14(13)15;;;/h1-9,11H;2*1H;/p-2. The quantitative estimate of drug-likeness (QED) is 0.652. The second-order valence-corrected chi connectivity index (χ2v) is 9.80. The molecule has 0 aromatic heterocycles. The van der Waals surface area contributed by atoms with Crippen molar-refractivity contribution in [2.24, 2.45) is 0 Å². The predicted molar refractivity (Wildman–Crippen MR) is 75.8 cm³/mol. The normalized spacial score (nSPS) is 14.2. The van der Waals surface area contributed by atoms with Crippen LogP contribution in [0.3, 0.4) is 0 Å². The topological polar surface area (TPSA) is 0 Å². The molecule has 0 aliphatic heterocycles. The first-order valence-corrected chi connectivity index (χ1v) is 10.9. The molecule has 0 radical (unpaired) electrons. The minimum absolute atomic E-state index is 1.12. The number of hydrogen-bond donors (Lipinski definition) is 0. The zero-order valence-corrected chi connectivity index (χ0v) is 12.6. The molecule has 0 saturated heterocycles. The second-order valence-electron chi connectivity index (χ2n) is 3.99. The summed E-state index contributed by atoms with van der Waals surface area (Å²) in [7, 11) is 12.4. The molecule has 0 N–H and O–H groups in total. The van der Waals surface area contributed by atoms with E-state index in [0.717, 1.165) is 4.11 Å². The van der Waals surface area contributed by atoms with E-state index in [4.69, 9.17) is 19.4 Å². The van der Waals surface area contributed by atoms with Gasteiger partial charge in [0.05, 0.1) is 0 Å². The van der Waals surface area contributed by atoms with Gasteiger partial charge in [0.25, 0.3) is 0 Å². The van der Waals surface area contributed by atoms with E-state index in [9.17, 15) is 0 Å². The molecule has 0 amide bonds. The monoisotopic (exact) mass is 362 g/mol. The van der Waals surface area contributed by atoms with Crippen molar-refractivity contribution in [1.82, 2.24) is 0 Å².